The predicted molar refractivity (Wildman–Crippen MR) is 117 cm³/mol. The summed E-state index contributed by atoms with van der Waals surface area (Å²) in [6, 6.07) is 0.167. The molecule has 166 valence electrons. The monoisotopic (exact) mass is 464 g/mol. The van der Waals surface area contributed by atoms with Crippen LogP contribution in [0.4, 0.5) is 14.9 Å². The second kappa shape index (κ2) is 6.81. The molecule has 1 spiro atoms. The number of pyridine rings is 1. The summed E-state index contributed by atoms with van der Waals surface area (Å²) in [5.41, 5.74) is 3.71. The first-order valence-electron chi connectivity index (χ1n) is 10.4. The first-order chi connectivity index (χ1) is 14.5. The Bertz CT molecular complexity index is 1230. The molecule has 3 aliphatic carbocycles. The fourth-order valence-corrected chi connectivity index (χ4v) is 7.05. The smallest absolute Gasteiger partial charge is 0.354 e. The topological polar surface area (TPSA) is 118 Å². The van der Waals surface area contributed by atoms with Crippen molar-refractivity contribution in [2.24, 2.45) is 9.50 Å². The van der Waals surface area contributed by atoms with Crippen molar-refractivity contribution in [2.45, 2.75) is 74.0 Å². The Morgan fingerprint density at radius 3 is 2.71 bits per heavy atom. The number of aryl methyl sites for hydroxylation is 1. The summed E-state index contributed by atoms with van der Waals surface area (Å²) < 4.78 is 30.8. The maximum absolute atomic E-state index is 14.2. The van der Waals surface area contributed by atoms with Crippen molar-refractivity contribution in [1.82, 2.24) is 4.98 Å². The number of halogens is 1. The fraction of sp³-hybridized carbons (Fsp3) is 0.524. The molecule has 4 N–H and O–H groups in total. The Labute approximate surface area is 184 Å². The van der Waals surface area contributed by atoms with E-state index in [4.69, 9.17) is 10.1 Å². The minimum absolute atomic E-state index is 0.00390. The van der Waals surface area contributed by atoms with Gasteiger partial charge in [0.1, 0.15) is 10.0 Å². The molecule has 0 saturated heterocycles. The SMILES string of the molecule is CC(C)(O)c1sc([S@](N)(=O)=NC(=O)Nc2c3c(nc4c2CCC42CC2)CCC3)cc1F. The number of urea groups is 1. The van der Waals surface area contributed by atoms with E-state index in [0.717, 1.165) is 90.6 Å². The average molecular weight is 465 g/mol. The van der Waals surface area contributed by atoms with Gasteiger partial charge in [0, 0.05) is 17.2 Å². The Morgan fingerprint density at radius 2 is 2.06 bits per heavy atom. The minimum Gasteiger partial charge on any atom is -0.385 e. The number of carbonyl (C=O) groups is 1. The highest BCUT2D eigenvalue weighted by Gasteiger charge is 2.51. The van der Waals surface area contributed by atoms with E-state index in [9.17, 15) is 18.5 Å². The van der Waals surface area contributed by atoms with Crippen molar-refractivity contribution in [1.29, 1.82) is 0 Å². The van der Waals surface area contributed by atoms with Crippen molar-refractivity contribution < 1.29 is 18.5 Å². The summed E-state index contributed by atoms with van der Waals surface area (Å²) in [7, 11) is -3.67. The number of fused-ring (bicyclic) bond motifs is 3. The number of hydrogen-bond acceptors (Lipinski definition) is 5. The number of thiophene rings is 1. The third-order valence-corrected chi connectivity index (χ3v) is 9.81. The van der Waals surface area contributed by atoms with Crippen molar-refractivity contribution in [3.05, 3.63) is 39.3 Å². The van der Waals surface area contributed by atoms with Crippen LogP contribution in [0.2, 0.25) is 0 Å². The third-order valence-electron chi connectivity index (χ3n) is 6.49. The molecule has 2 aromatic rings. The number of nitrogens with one attached hydrogen (secondary N) is 1. The van der Waals surface area contributed by atoms with Crippen LogP contribution in [0.1, 0.15) is 66.9 Å². The van der Waals surface area contributed by atoms with Crippen LogP contribution in [0.25, 0.3) is 0 Å². The van der Waals surface area contributed by atoms with Crippen LogP contribution in [-0.4, -0.2) is 20.3 Å². The van der Waals surface area contributed by atoms with Gasteiger partial charge in [0.05, 0.1) is 21.9 Å². The van der Waals surface area contributed by atoms with Gasteiger partial charge in [-0.1, -0.05) is 0 Å². The van der Waals surface area contributed by atoms with Crippen LogP contribution in [0.5, 0.6) is 0 Å². The number of aromatic nitrogens is 1. The maximum Gasteiger partial charge on any atom is 0.354 e. The molecular formula is C21H25FN4O3S2. The lowest BCUT2D eigenvalue weighted by Crippen LogP contribution is -2.19. The van der Waals surface area contributed by atoms with Gasteiger partial charge >= 0.3 is 6.03 Å². The number of nitrogens with two attached hydrogens (primary N) is 1. The largest absolute Gasteiger partial charge is 0.385 e. The Kier molecular flexibility index (Phi) is 4.61. The first-order valence-corrected chi connectivity index (χ1v) is 12.8. The number of rotatable bonds is 3. The Morgan fingerprint density at radius 1 is 1.32 bits per heavy atom. The van der Waals surface area contributed by atoms with Crippen LogP contribution in [0.3, 0.4) is 0 Å². The van der Waals surface area contributed by atoms with Gasteiger partial charge in [-0.05, 0) is 69.9 Å². The van der Waals surface area contributed by atoms with Crippen molar-refractivity contribution in [3.8, 4) is 0 Å². The van der Waals surface area contributed by atoms with Gasteiger partial charge in [-0.3, -0.25) is 4.98 Å². The number of carbonyl (C=O) groups excluding carboxylic acids is 1. The molecular weight excluding hydrogens is 439 g/mol. The highest BCUT2D eigenvalue weighted by Crippen LogP contribution is 2.58. The molecule has 0 radical (unpaired) electrons. The Balaban J connectivity index is 1.49. The summed E-state index contributed by atoms with van der Waals surface area (Å²) in [5.74, 6) is -0.721. The first kappa shape index (κ1) is 21.0. The molecule has 0 aliphatic heterocycles. The summed E-state index contributed by atoms with van der Waals surface area (Å²) in [5, 5.41) is 18.8. The quantitative estimate of drug-likeness (QED) is 0.638. The van der Waals surface area contributed by atoms with E-state index < -0.39 is 27.4 Å². The molecule has 2 aromatic heterocycles. The predicted octanol–water partition coefficient (Wildman–Crippen LogP) is 3.91. The van der Waals surface area contributed by atoms with Crippen LogP contribution >= 0.6 is 11.3 Å². The maximum atomic E-state index is 14.2. The molecule has 0 aromatic carbocycles. The summed E-state index contributed by atoms with van der Waals surface area (Å²) in [6.45, 7) is 2.84. The molecule has 1 fully saturated rings. The highest BCUT2D eigenvalue weighted by atomic mass is 32.2. The van der Waals surface area contributed by atoms with E-state index in [1.165, 1.54) is 13.8 Å². The van der Waals surface area contributed by atoms with E-state index in [0.29, 0.717) is 0 Å². The minimum atomic E-state index is -3.67. The van der Waals surface area contributed by atoms with Crippen LogP contribution in [-0.2, 0) is 40.2 Å². The van der Waals surface area contributed by atoms with Crippen LogP contribution in [0.15, 0.2) is 14.6 Å². The molecule has 2 amide bonds. The average Bonchev–Trinajstić information content (AvgIpc) is 3.00. The van der Waals surface area contributed by atoms with Gasteiger partial charge in [-0.2, -0.15) is 0 Å². The van der Waals surface area contributed by atoms with E-state index in [1.807, 2.05) is 0 Å². The lowest BCUT2D eigenvalue weighted by molar-refractivity contribution is 0.0789. The molecule has 3 aliphatic rings. The number of amides is 2. The number of hydrogen-bond donors (Lipinski definition) is 3. The summed E-state index contributed by atoms with van der Waals surface area (Å²) >= 11 is 0.761. The molecule has 5 rings (SSSR count). The molecule has 0 bridgehead atoms. The third kappa shape index (κ3) is 3.49. The fourth-order valence-electron chi connectivity index (χ4n) is 4.78. The molecule has 2 heterocycles. The normalized spacial score (nSPS) is 20.3. The lowest BCUT2D eigenvalue weighted by Gasteiger charge is -2.16. The lowest BCUT2D eigenvalue weighted by atomic mass is 10.0. The van der Waals surface area contributed by atoms with Crippen molar-refractivity contribution >= 4 is 33.0 Å². The van der Waals surface area contributed by atoms with Crippen molar-refractivity contribution in [2.75, 3.05) is 5.32 Å². The van der Waals surface area contributed by atoms with Gasteiger partial charge in [0.15, 0.2) is 9.92 Å². The van der Waals surface area contributed by atoms with Gasteiger partial charge in [0.2, 0.25) is 0 Å². The molecule has 1 saturated carbocycles. The second-order valence-electron chi connectivity index (χ2n) is 9.26. The molecule has 0 unspecified atom stereocenters. The summed E-state index contributed by atoms with van der Waals surface area (Å²) in [4.78, 5) is 17.7. The van der Waals surface area contributed by atoms with E-state index >= 15 is 0 Å². The summed E-state index contributed by atoms with van der Waals surface area (Å²) in [6.07, 6.45) is 6.87. The number of anilines is 1. The zero-order valence-corrected chi connectivity index (χ0v) is 19.1. The van der Waals surface area contributed by atoms with Crippen molar-refractivity contribution in [3.63, 3.8) is 0 Å². The van der Waals surface area contributed by atoms with Gasteiger partial charge in [0.25, 0.3) is 0 Å². The molecule has 31 heavy (non-hydrogen) atoms. The van der Waals surface area contributed by atoms with E-state index in [1.54, 1.807) is 0 Å². The highest BCUT2D eigenvalue weighted by molar-refractivity contribution is 7.93. The second-order valence-corrected chi connectivity index (χ2v) is 12.3. The van der Waals surface area contributed by atoms with Crippen LogP contribution < -0.4 is 10.5 Å². The van der Waals surface area contributed by atoms with E-state index in [2.05, 4.69) is 9.68 Å². The zero-order chi connectivity index (χ0) is 22.2. The standard InChI is InChI=1S/C21H25FN4O3S2/c1-20(2,28)18-13(22)10-15(30-18)31(23,29)26-19(27)25-16-11-4-3-5-14(11)24-17-12(16)6-7-21(17)8-9-21/h10,28H,3-9H2,1-2H3,(H3,23,24,25,26,27,29)/t31-/m1/s1. The molecule has 1 atom stereocenters. The van der Waals surface area contributed by atoms with E-state index in [-0.39, 0.29) is 14.5 Å². The molecule has 10 heteroatoms. The van der Waals surface area contributed by atoms with Gasteiger partial charge < -0.3 is 10.4 Å². The van der Waals surface area contributed by atoms with Gasteiger partial charge in [-0.25, -0.2) is 18.5 Å². The number of nitrogens with zero attached hydrogens (tertiary/aromatic N) is 2. The number of aliphatic hydroxyl groups is 1. The van der Waals surface area contributed by atoms with Gasteiger partial charge in [-0.15, -0.1) is 15.7 Å². The zero-order valence-electron chi connectivity index (χ0n) is 17.5. The molecule has 7 nitrogen and oxygen atoms in total. The van der Waals surface area contributed by atoms with Crippen LogP contribution in [0, 0.1) is 5.82 Å². The Hall–Kier alpha value is -1.88.